The van der Waals surface area contributed by atoms with Crippen LogP contribution in [0.1, 0.15) is 31.2 Å². The van der Waals surface area contributed by atoms with Crippen LogP contribution in [0.2, 0.25) is 5.28 Å². The van der Waals surface area contributed by atoms with Crippen LogP contribution in [-0.4, -0.2) is 33.0 Å². The van der Waals surface area contributed by atoms with Gasteiger partial charge in [0, 0.05) is 30.1 Å². The molecule has 0 radical (unpaired) electrons. The molecule has 2 aromatic heterocycles. The molecule has 0 bridgehead atoms. The molecule has 2 aliphatic rings. The van der Waals surface area contributed by atoms with E-state index in [-0.39, 0.29) is 23.3 Å². The lowest BCUT2D eigenvalue weighted by molar-refractivity contribution is -0.118. The Kier molecular flexibility index (Phi) is 4.06. The minimum absolute atomic E-state index is 0.0793. The molecule has 0 spiro atoms. The van der Waals surface area contributed by atoms with E-state index >= 15 is 0 Å². The van der Waals surface area contributed by atoms with Crippen molar-refractivity contribution in [3.63, 3.8) is 0 Å². The first-order chi connectivity index (χ1) is 11.7. The molecule has 124 valence electrons. The molecule has 1 saturated carbocycles. The summed E-state index contributed by atoms with van der Waals surface area (Å²) in [6.07, 6.45) is 7.41. The first-order valence-corrected chi connectivity index (χ1v) is 8.49. The summed E-state index contributed by atoms with van der Waals surface area (Å²) in [5.74, 6) is 1.41. The SMILES string of the molecule is O=C1Cc2cnc(Cl)nc2N1C1CCC(Oc2ccccn2)CC1. The van der Waals surface area contributed by atoms with E-state index in [9.17, 15) is 4.79 Å². The minimum Gasteiger partial charge on any atom is -0.474 e. The Morgan fingerprint density at radius 1 is 1.17 bits per heavy atom. The van der Waals surface area contributed by atoms with Gasteiger partial charge in [0.15, 0.2) is 0 Å². The smallest absolute Gasteiger partial charge is 0.233 e. The first-order valence-electron chi connectivity index (χ1n) is 8.12. The number of anilines is 1. The number of nitrogens with zero attached hydrogens (tertiary/aromatic N) is 4. The van der Waals surface area contributed by atoms with E-state index in [1.165, 1.54) is 0 Å². The van der Waals surface area contributed by atoms with Gasteiger partial charge < -0.3 is 4.74 Å². The summed E-state index contributed by atoms with van der Waals surface area (Å²) in [7, 11) is 0. The monoisotopic (exact) mass is 344 g/mol. The lowest BCUT2D eigenvalue weighted by Gasteiger charge is -2.34. The van der Waals surface area contributed by atoms with Crippen LogP contribution in [0.4, 0.5) is 5.82 Å². The molecule has 4 rings (SSSR count). The van der Waals surface area contributed by atoms with Gasteiger partial charge in [-0.05, 0) is 43.4 Å². The zero-order valence-electron chi connectivity index (χ0n) is 13.1. The second-order valence-electron chi connectivity index (χ2n) is 6.14. The molecular formula is C17H17ClN4O2. The molecule has 24 heavy (non-hydrogen) atoms. The summed E-state index contributed by atoms with van der Waals surface area (Å²) in [6.45, 7) is 0. The maximum Gasteiger partial charge on any atom is 0.233 e. The molecule has 1 aliphatic heterocycles. The zero-order chi connectivity index (χ0) is 16.5. The molecule has 0 unspecified atom stereocenters. The highest BCUT2D eigenvalue weighted by Gasteiger charge is 2.37. The van der Waals surface area contributed by atoms with Crippen molar-refractivity contribution in [2.75, 3.05) is 4.90 Å². The van der Waals surface area contributed by atoms with Crippen LogP contribution in [-0.2, 0) is 11.2 Å². The molecule has 6 nitrogen and oxygen atoms in total. The Labute approximate surface area is 144 Å². The number of hydrogen-bond acceptors (Lipinski definition) is 5. The van der Waals surface area contributed by atoms with Gasteiger partial charge in [0.1, 0.15) is 11.9 Å². The van der Waals surface area contributed by atoms with Crippen LogP contribution >= 0.6 is 11.6 Å². The number of carbonyl (C=O) groups is 1. The van der Waals surface area contributed by atoms with Crippen LogP contribution < -0.4 is 9.64 Å². The predicted octanol–water partition coefficient (Wildman–Crippen LogP) is 2.80. The molecule has 1 amide bonds. The number of amides is 1. The molecular weight excluding hydrogens is 328 g/mol. The number of hydrogen-bond donors (Lipinski definition) is 0. The van der Waals surface area contributed by atoms with Crippen LogP contribution in [0.5, 0.6) is 5.88 Å². The van der Waals surface area contributed by atoms with Crippen LogP contribution in [0.25, 0.3) is 0 Å². The van der Waals surface area contributed by atoms with Gasteiger partial charge in [-0.3, -0.25) is 9.69 Å². The standard InChI is InChI=1S/C17H17ClN4O2/c18-17-20-10-11-9-15(23)22(16(11)21-17)12-4-6-13(7-5-12)24-14-3-1-2-8-19-14/h1-3,8,10,12-13H,4-7,9H2. The molecule has 1 aliphatic carbocycles. The van der Waals surface area contributed by atoms with E-state index < -0.39 is 0 Å². The number of rotatable bonds is 3. The summed E-state index contributed by atoms with van der Waals surface area (Å²) in [5.41, 5.74) is 0.858. The fourth-order valence-electron chi connectivity index (χ4n) is 3.46. The van der Waals surface area contributed by atoms with Gasteiger partial charge in [-0.25, -0.2) is 9.97 Å². The van der Waals surface area contributed by atoms with Crippen molar-refractivity contribution in [2.45, 2.75) is 44.2 Å². The van der Waals surface area contributed by atoms with Crippen molar-refractivity contribution in [2.24, 2.45) is 0 Å². The number of pyridine rings is 1. The second kappa shape index (κ2) is 6.36. The minimum atomic E-state index is 0.0793. The third-order valence-corrected chi connectivity index (χ3v) is 4.77. The van der Waals surface area contributed by atoms with Crippen molar-refractivity contribution < 1.29 is 9.53 Å². The molecule has 1 fully saturated rings. The predicted molar refractivity (Wildman–Crippen MR) is 89.1 cm³/mol. The average Bonchev–Trinajstić information content (AvgIpc) is 2.92. The average molecular weight is 345 g/mol. The number of halogens is 1. The third-order valence-electron chi connectivity index (χ3n) is 4.58. The Balaban J connectivity index is 1.43. The van der Waals surface area contributed by atoms with E-state index in [4.69, 9.17) is 16.3 Å². The summed E-state index contributed by atoms with van der Waals surface area (Å²) in [5, 5.41) is 0.181. The van der Waals surface area contributed by atoms with E-state index in [2.05, 4.69) is 15.0 Å². The van der Waals surface area contributed by atoms with Crippen LogP contribution in [0.3, 0.4) is 0 Å². The van der Waals surface area contributed by atoms with Crippen molar-refractivity contribution in [3.8, 4) is 5.88 Å². The van der Waals surface area contributed by atoms with E-state index in [0.29, 0.717) is 18.1 Å². The summed E-state index contributed by atoms with van der Waals surface area (Å²) in [4.78, 5) is 26.6. The van der Waals surface area contributed by atoms with Gasteiger partial charge in [-0.2, -0.15) is 4.98 Å². The van der Waals surface area contributed by atoms with Crippen LogP contribution in [0.15, 0.2) is 30.6 Å². The van der Waals surface area contributed by atoms with Gasteiger partial charge in [-0.1, -0.05) is 6.07 Å². The van der Waals surface area contributed by atoms with Gasteiger partial charge in [0.25, 0.3) is 0 Å². The Bertz CT molecular complexity index is 748. The number of carbonyl (C=O) groups excluding carboxylic acids is 1. The molecule has 0 aromatic carbocycles. The van der Waals surface area contributed by atoms with E-state index in [0.717, 1.165) is 31.2 Å². The van der Waals surface area contributed by atoms with Crippen molar-refractivity contribution >= 4 is 23.3 Å². The van der Waals surface area contributed by atoms with Gasteiger partial charge >= 0.3 is 0 Å². The second-order valence-corrected chi connectivity index (χ2v) is 6.48. The fraction of sp³-hybridized carbons (Fsp3) is 0.412. The zero-order valence-corrected chi connectivity index (χ0v) is 13.8. The Hall–Kier alpha value is -2.21. The fourth-order valence-corrected chi connectivity index (χ4v) is 3.59. The van der Waals surface area contributed by atoms with Gasteiger partial charge in [-0.15, -0.1) is 0 Å². The van der Waals surface area contributed by atoms with Crippen molar-refractivity contribution in [1.29, 1.82) is 0 Å². The topological polar surface area (TPSA) is 68.2 Å². The lowest BCUT2D eigenvalue weighted by atomic mass is 9.92. The highest BCUT2D eigenvalue weighted by Crippen LogP contribution is 2.34. The van der Waals surface area contributed by atoms with E-state index in [1.54, 1.807) is 17.3 Å². The van der Waals surface area contributed by atoms with Crippen molar-refractivity contribution in [3.05, 3.63) is 41.4 Å². The number of aromatic nitrogens is 3. The third kappa shape index (κ3) is 2.94. The summed E-state index contributed by atoms with van der Waals surface area (Å²) >= 11 is 5.90. The van der Waals surface area contributed by atoms with Crippen molar-refractivity contribution in [1.82, 2.24) is 15.0 Å². The molecule has 7 heteroatoms. The first kappa shape index (κ1) is 15.3. The van der Waals surface area contributed by atoms with Gasteiger partial charge in [0.05, 0.1) is 6.42 Å². The normalized spacial score (nSPS) is 23.2. The molecule has 0 saturated heterocycles. The Morgan fingerprint density at radius 2 is 2.00 bits per heavy atom. The highest BCUT2D eigenvalue weighted by molar-refractivity contribution is 6.28. The summed E-state index contributed by atoms with van der Waals surface area (Å²) < 4.78 is 5.92. The van der Waals surface area contributed by atoms with E-state index in [1.807, 2.05) is 18.2 Å². The highest BCUT2D eigenvalue weighted by atomic mass is 35.5. The molecule has 0 atom stereocenters. The molecule has 2 aromatic rings. The van der Waals surface area contributed by atoms with Gasteiger partial charge in [0.2, 0.25) is 17.1 Å². The summed E-state index contributed by atoms with van der Waals surface area (Å²) in [6, 6.07) is 5.80. The van der Waals surface area contributed by atoms with Crippen LogP contribution in [0, 0.1) is 0 Å². The maximum absolute atomic E-state index is 12.4. The quantitative estimate of drug-likeness (QED) is 0.801. The largest absolute Gasteiger partial charge is 0.474 e. The lowest BCUT2D eigenvalue weighted by Crippen LogP contribution is -2.42. The molecule has 0 N–H and O–H groups in total. The Morgan fingerprint density at radius 3 is 2.75 bits per heavy atom. The number of fused-ring (bicyclic) bond motifs is 1. The maximum atomic E-state index is 12.4. The molecule has 3 heterocycles. The number of ether oxygens (including phenoxy) is 1.